The third-order valence-electron chi connectivity index (χ3n) is 3.35. The van der Waals surface area contributed by atoms with Crippen LogP contribution in [0.1, 0.15) is 36.0 Å². The minimum Gasteiger partial charge on any atom is -0.383 e. The van der Waals surface area contributed by atoms with Gasteiger partial charge in [0.15, 0.2) is 5.78 Å². The van der Waals surface area contributed by atoms with Crippen LogP contribution >= 0.6 is 11.6 Å². The van der Waals surface area contributed by atoms with Gasteiger partial charge < -0.3 is 10.5 Å². The molecule has 1 aliphatic carbocycles. The molecule has 2 N–H and O–H groups in total. The summed E-state index contributed by atoms with van der Waals surface area (Å²) in [6.07, 6.45) is 4.88. The third-order valence-corrected chi connectivity index (χ3v) is 3.55. The van der Waals surface area contributed by atoms with Crippen molar-refractivity contribution in [2.75, 3.05) is 12.8 Å². The third kappa shape index (κ3) is 2.15. The van der Waals surface area contributed by atoms with Gasteiger partial charge in [0.1, 0.15) is 11.4 Å². The van der Waals surface area contributed by atoms with Crippen molar-refractivity contribution in [2.45, 2.75) is 31.3 Å². The number of hydrogen-bond acceptors (Lipinski definition) is 4. The van der Waals surface area contributed by atoms with E-state index in [1.807, 2.05) is 0 Å². The molecular weight excluding hydrogens is 240 g/mol. The van der Waals surface area contributed by atoms with E-state index in [1.54, 1.807) is 13.2 Å². The summed E-state index contributed by atoms with van der Waals surface area (Å²) in [4.78, 5) is 16.4. The number of anilines is 1. The topological polar surface area (TPSA) is 65.2 Å². The van der Waals surface area contributed by atoms with Crippen molar-refractivity contribution in [1.29, 1.82) is 0 Å². The standard InChI is InChI=1S/C12H15ClN2O2/c1-17-12(4-2-3-5-12)10(16)9-6-8(13)7-15-11(9)14/h6-7H,2-5H2,1H3,(H2,14,15). The van der Waals surface area contributed by atoms with Crippen LogP contribution in [0.4, 0.5) is 5.82 Å². The predicted molar refractivity (Wildman–Crippen MR) is 66.2 cm³/mol. The molecule has 17 heavy (non-hydrogen) atoms. The molecule has 0 amide bonds. The van der Waals surface area contributed by atoms with E-state index >= 15 is 0 Å². The Morgan fingerprint density at radius 1 is 1.53 bits per heavy atom. The first-order chi connectivity index (χ1) is 8.09. The van der Waals surface area contributed by atoms with Gasteiger partial charge in [-0.25, -0.2) is 4.98 Å². The Morgan fingerprint density at radius 2 is 2.18 bits per heavy atom. The van der Waals surface area contributed by atoms with Crippen LogP contribution in [-0.4, -0.2) is 23.5 Å². The van der Waals surface area contributed by atoms with E-state index < -0.39 is 5.60 Å². The summed E-state index contributed by atoms with van der Waals surface area (Å²) in [7, 11) is 1.57. The molecule has 1 aromatic rings. The Bertz CT molecular complexity index is 442. The smallest absolute Gasteiger partial charge is 0.198 e. The first-order valence-electron chi connectivity index (χ1n) is 5.60. The van der Waals surface area contributed by atoms with Crippen molar-refractivity contribution >= 4 is 23.2 Å². The molecule has 0 unspecified atom stereocenters. The number of halogens is 1. The molecule has 0 saturated heterocycles. The van der Waals surface area contributed by atoms with Crippen molar-refractivity contribution in [3.63, 3.8) is 0 Å². The summed E-state index contributed by atoms with van der Waals surface area (Å²) < 4.78 is 5.43. The lowest BCUT2D eigenvalue weighted by Crippen LogP contribution is -2.38. The van der Waals surface area contributed by atoms with Gasteiger partial charge in [0.2, 0.25) is 0 Å². The number of ketones is 1. The van der Waals surface area contributed by atoms with Gasteiger partial charge in [-0.05, 0) is 31.7 Å². The zero-order valence-electron chi connectivity index (χ0n) is 9.70. The minimum atomic E-state index is -0.736. The van der Waals surface area contributed by atoms with Gasteiger partial charge in [0, 0.05) is 13.3 Å². The SMILES string of the molecule is COC1(C(=O)c2cc(Cl)cnc2N)CCCC1. The molecular formula is C12H15ClN2O2. The number of nitrogens with zero attached hydrogens (tertiary/aromatic N) is 1. The van der Waals surface area contributed by atoms with Crippen LogP contribution in [0, 0.1) is 0 Å². The molecule has 1 fully saturated rings. The average Bonchev–Trinajstić information content (AvgIpc) is 2.81. The number of carbonyl (C=O) groups is 1. The normalized spacial score (nSPS) is 18.2. The summed E-state index contributed by atoms with van der Waals surface area (Å²) in [6.45, 7) is 0. The summed E-state index contributed by atoms with van der Waals surface area (Å²) in [5.41, 5.74) is 5.35. The number of rotatable bonds is 3. The van der Waals surface area contributed by atoms with Gasteiger partial charge in [0.25, 0.3) is 0 Å². The number of carbonyl (C=O) groups excluding carboxylic acids is 1. The molecule has 1 saturated carbocycles. The van der Waals surface area contributed by atoms with Crippen molar-refractivity contribution in [2.24, 2.45) is 0 Å². The molecule has 0 atom stereocenters. The minimum absolute atomic E-state index is 0.106. The van der Waals surface area contributed by atoms with Crippen LogP contribution in [0.5, 0.6) is 0 Å². The first kappa shape index (κ1) is 12.3. The van der Waals surface area contributed by atoms with Crippen molar-refractivity contribution in [3.05, 3.63) is 22.8 Å². The molecule has 1 heterocycles. The second-order valence-electron chi connectivity index (χ2n) is 4.32. The van der Waals surface area contributed by atoms with Gasteiger partial charge in [-0.15, -0.1) is 0 Å². The Hall–Kier alpha value is -1.13. The summed E-state index contributed by atoms with van der Waals surface area (Å²) in [5, 5.41) is 0.409. The van der Waals surface area contributed by atoms with Crippen molar-refractivity contribution in [1.82, 2.24) is 4.98 Å². The fourth-order valence-electron chi connectivity index (χ4n) is 2.35. The van der Waals surface area contributed by atoms with E-state index in [2.05, 4.69) is 4.98 Å². The molecule has 1 aliphatic rings. The quantitative estimate of drug-likeness (QED) is 0.842. The maximum atomic E-state index is 12.5. The highest BCUT2D eigenvalue weighted by atomic mass is 35.5. The maximum Gasteiger partial charge on any atom is 0.198 e. The molecule has 0 radical (unpaired) electrons. The largest absolute Gasteiger partial charge is 0.383 e. The predicted octanol–water partition coefficient (Wildman–Crippen LogP) is 2.46. The van der Waals surface area contributed by atoms with Gasteiger partial charge in [-0.2, -0.15) is 0 Å². The number of aromatic nitrogens is 1. The molecule has 1 aromatic heterocycles. The number of Topliss-reactive ketones (excluding diaryl/α,β-unsaturated/α-hetero) is 1. The van der Waals surface area contributed by atoms with Crippen molar-refractivity contribution in [3.8, 4) is 0 Å². The van der Waals surface area contributed by atoms with Crippen molar-refractivity contribution < 1.29 is 9.53 Å². The Labute approximate surface area is 105 Å². The number of nitrogens with two attached hydrogens (primary N) is 1. The van der Waals surface area contributed by atoms with E-state index in [9.17, 15) is 4.79 Å². The number of ether oxygens (including phenoxy) is 1. The van der Waals surface area contributed by atoms with Gasteiger partial charge in [0.05, 0.1) is 10.6 Å². The van der Waals surface area contributed by atoms with Gasteiger partial charge in [-0.1, -0.05) is 11.6 Å². The molecule has 92 valence electrons. The van der Waals surface area contributed by atoms with Crippen LogP contribution in [0.15, 0.2) is 12.3 Å². The average molecular weight is 255 g/mol. The van der Waals surface area contributed by atoms with Crippen LogP contribution in [0.3, 0.4) is 0 Å². The van der Waals surface area contributed by atoms with Crippen LogP contribution in [0.2, 0.25) is 5.02 Å². The lowest BCUT2D eigenvalue weighted by molar-refractivity contribution is 0.00607. The van der Waals surface area contributed by atoms with Crippen LogP contribution in [0.25, 0.3) is 0 Å². The van der Waals surface area contributed by atoms with Gasteiger partial charge >= 0.3 is 0 Å². The van der Waals surface area contributed by atoms with E-state index in [0.29, 0.717) is 10.6 Å². The maximum absolute atomic E-state index is 12.5. The molecule has 0 aliphatic heterocycles. The zero-order chi connectivity index (χ0) is 12.5. The van der Waals surface area contributed by atoms with E-state index in [4.69, 9.17) is 22.1 Å². The highest BCUT2D eigenvalue weighted by Gasteiger charge is 2.42. The highest BCUT2D eigenvalue weighted by Crippen LogP contribution is 2.36. The van der Waals surface area contributed by atoms with E-state index in [1.165, 1.54) is 6.20 Å². The number of pyridine rings is 1. The molecule has 0 bridgehead atoms. The van der Waals surface area contributed by atoms with E-state index in [0.717, 1.165) is 25.7 Å². The summed E-state index contributed by atoms with van der Waals surface area (Å²) in [6, 6.07) is 1.56. The number of hydrogen-bond donors (Lipinski definition) is 1. The zero-order valence-corrected chi connectivity index (χ0v) is 10.5. The summed E-state index contributed by atoms with van der Waals surface area (Å²) >= 11 is 5.85. The van der Waals surface area contributed by atoms with Gasteiger partial charge in [-0.3, -0.25) is 4.79 Å². The Balaban J connectivity index is 2.39. The highest BCUT2D eigenvalue weighted by molar-refractivity contribution is 6.31. The van der Waals surface area contributed by atoms with Crippen LogP contribution in [-0.2, 0) is 4.74 Å². The lowest BCUT2D eigenvalue weighted by atomic mass is 9.91. The number of methoxy groups -OCH3 is 1. The Kier molecular flexibility index (Phi) is 3.35. The monoisotopic (exact) mass is 254 g/mol. The lowest BCUT2D eigenvalue weighted by Gasteiger charge is -2.26. The first-order valence-corrected chi connectivity index (χ1v) is 5.98. The molecule has 0 spiro atoms. The summed E-state index contributed by atoms with van der Waals surface area (Å²) in [5.74, 6) is 0.104. The Morgan fingerprint density at radius 3 is 2.76 bits per heavy atom. The second kappa shape index (κ2) is 4.63. The second-order valence-corrected chi connectivity index (χ2v) is 4.76. The van der Waals surface area contributed by atoms with Crippen LogP contribution < -0.4 is 5.73 Å². The fourth-order valence-corrected chi connectivity index (χ4v) is 2.51. The van der Waals surface area contributed by atoms with E-state index in [-0.39, 0.29) is 11.6 Å². The molecule has 2 rings (SSSR count). The fraction of sp³-hybridized carbons (Fsp3) is 0.500. The number of nitrogen functional groups attached to an aromatic ring is 1. The molecule has 0 aromatic carbocycles. The molecule has 5 heteroatoms. The molecule has 4 nitrogen and oxygen atoms in total.